The number of hydrogen-bond acceptors (Lipinski definition) is 5. The number of anilines is 1. The molecule has 1 fully saturated rings. The Labute approximate surface area is 176 Å². The molecule has 1 aliphatic heterocycles. The molecule has 1 aromatic carbocycles. The quantitative estimate of drug-likeness (QED) is 0.646. The predicted octanol–water partition coefficient (Wildman–Crippen LogP) is 4.35. The van der Waals surface area contributed by atoms with Crippen LogP contribution in [0.25, 0.3) is 11.4 Å². The van der Waals surface area contributed by atoms with Gasteiger partial charge in [-0.2, -0.15) is 0 Å². The van der Waals surface area contributed by atoms with Crippen LogP contribution in [0, 0.1) is 13.8 Å². The van der Waals surface area contributed by atoms with Crippen molar-refractivity contribution in [1.82, 2.24) is 14.9 Å². The number of thiophene rings is 1. The Morgan fingerprint density at radius 3 is 2.52 bits per heavy atom. The molecule has 5 nitrogen and oxygen atoms in total. The van der Waals surface area contributed by atoms with Crippen LogP contribution in [0.4, 0.5) is 5.82 Å². The second kappa shape index (κ2) is 8.33. The summed E-state index contributed by atoms with van der Waals surface area (Å²) in [6, 6.07) is 12.2. The summed E-state index contributed by atoms with van der Waals surface area (Å²) in [7, 11) is 0. The fraction of sp³-hybridized carbons (Fsp3) is 0.348. The van der Waals surface area contributed by atoms with Crippen molar-refractivity contribution >= 4 is 23.1 Å². The first-order valence-electron chi connectivity index (χ1n) is 10.1. The van der Waals surface area contributed by atoms with Crippen molar-refractivity contribution in [3.05, 3.63) is 63.5 Å². The lowest BCUT2D eigenvalue weighted by molar-refractivity contribution is 0.0751. The minimum absolute atomic E-state index is 0.134. The molecule has 1 aliphatic rings. The van der Waals surface area contributed by atoms with Crippen LogP contribution in [0.1, 0.15) is 33.4 Å². The van der Waals surface area contributed by atoms with E-state index in [4.69, 9.17) is 9.97 Å². The van der Waals surface area contributed by atoms with Gasteiger partial charge in [0.25, 0.3) is 5.91 Å². The lowest BCUT2D eigenvalue weighted by Crippen LogP contribution is -2.49. The number of carbonyl (C=O) groups excluding carboxylic acids is 1. The number of aryl methyl sites for hydroxylation is 2. The molecule has 0 bridgehead atoms. The molecule has 2 aromatic heterocycles. The summed E-state index contributed by atoms with van der Waals surface area (Å²) < 4.78 is 0. The second-order valence-electron chi connectivity index (χ2n) is 7.41. The average molecular weight is 407 g/mol. The molecule has 0 spiro atoms. The van der Waals surface area contributed by atoms with E-state index in [1.165, 1.54) is 22.5 Å². The third kappa shape index (κ3) is 4.03. The van der Waals surface area contributed by atoms with Gasteiger partial charge >= 0.3 is 0 Å². The van der Waals surface area contributed by atoms with Crippen molar-refractivity contribution in [3.8, 4) is 11.4 Å². The summed E-state index contributed by atoms with van der Waals surface area (Å²) in [5.41, 5.74) is 4.47. The van der Waals surface area contributed by atoms with Crippen LogP contribution in [-0.4, -0.2) is 47.0 Å². The largest absolute Gasteiger partial charge is 0.353 e. The summed E-state index contributed by atoms with van der Waals surface area (Å²) in [6.45, 7) is 9.30. The van der Waals surface area contributed by atoms with E-state index in [-0.39, 0.29) is 5.91 Å². The van der Waals surface area contributed by atoms with E-state index < -0.39 is 0 Å². The van der Waals surface area contributed by atoms with E-state index in [1.807, 2.05) is 28.5 Å². The molecule has 3 aromatic rings. The molecule has 0 saturated carbocycles. The van der Waals surface area contributed by atoms with E-state index in [0.29, 0.717) is 13.1 Å². The highest BCUT2D eigenvalue weighted by Gasteiger charge is 2.25. The molecule has 0 unspecified atom stereocenters. The Balaban J connectivity index is 1.59. The first-order chi connectivity index (χ1) is 14.1. The summed E-state index contributed by atoms with van der Waals surface area (Å²) in [5, 5.41) is 1.95. The van der Waals surface area contributed by atoms with Crippen LogP contribution < -0.4 is 4.90 Å². The smallest absolute Gasteiger partial charge is 0.264 e. The van der Waals surface area contributed by atoms with Crippen LogP contribution in [0.5, 0.6) is 0 Å². The van der Waals surface area contributed by atoms with Gasteiger partial charge in [0.2, 0.25) is 0 Å². The van der Waals surface area contributed by atoms with Gasteiger partial charge in [-0.05, 0) is 37.8 Å². The van der Waals surface area contributed by atoms with Crippen molar-refractivity contribution in [1.29, 1.82) is 0 Å². The van der Waals surface area contributed by atoms with Gasteiger partial charge in [0.1, 0.15) is 5.82 Å². The SMILES string of the molecule is CCc1c(C)nc(-c2cccc(C)c2)nc1N1CCN(C(=O)c2cccs2)CC1. The molecule has 150 valence electrons. The predicted molar refractivity (Wildman–Crippen MR) is 119 cm³/mol. The minimum atomic E-state index is 0.134. The fourth-order valence-corrected chi connectivity index (χ4v) is 4.54. The Bertz CT molecular complexity index is 1010. The van der Waals surface area contributed by atoms with Gasteiger partial charge in [-0.25, -0.2) is 9.97 Å². The molecule has 29 heavy (non-hydrogen) atoms. The molecule has 6 heteroatoms. The average Bonchev–Trinajstić information content (AvgIpc) is 3.28. The third-order valence-electron chi connectivity index (χ3n) is 5.42. The van der Waals surface area contributed by atoms with Crippen molar-refractivity contribution in [3.63, 3.8) is 0 Å². The van der Waals surface area contributed by atoms with Gasteiger partial charge in [0.05, 0.1) is 4.88 Å². The number of rotatable bonds is 4. The Hall–Kier alpha value is -2.73. The van der Waals surface area contributed by atoms with Crippen molar-refractivity contribution < 1.29 is 4.79 Å². The number of hydrogen-bond donors (Lipinski definition) is 0. The number of benzene rings is 1. The van der Waals surface area contributed by atoms with Gasteiger partial charge < -0.3 is 9.80 Å². The Morgan fingerprint density at radius 1 is 1.07 bits per heavy atom. The minimum Gasteiger partial charge on any atom is -0.353 e. The highest BCUT2D eigenvalue weighted by Crippen LogP contribution is 2.27. The highest BCUT2D eigenvalue weighted by atomic mass is 32.1. The molecule has 0 aliphatic carbocycles. The standard InChI is InChI=1S/C23H26N4OS/c1-4-19-17(3)24-21(18-8-5-7-16(2)15-18)25-22(19)26-10-12-27(13-11-26)23(28)20-9-6-14-29-20/h5-9,14-15H,4,10-13H2,1-3H3. The summed E-state index contributed by atoms with van der Waals surface area (Å²) >= 11 is 1.51. The topological polar surface area (TPSA) is 49.3 Å². The summed E-state index contributed by atoms with van der Waals surface area (Å²) in [6.07, 6.45) is 0.892. The van der Waals surface area contributed by atoms with Gasteiger partial charge in [-0.15, -0.1) is 11.3 Å². The van der Waals surface area contributed by atoms with Crippen molar-refractivity contribution in [2.24, 2.45) is 0 Å². The van der Waals surface area contributed by atoms with Gasteiger partial charge in [0.15, 0.2) is 5.82 Å². The second-order valence-corrected chi connectivity index (χ2v) is 8.36. The molecular formula is C23H26N4OS. The maximum absolute atomic E-state index is 12.6. The number of amides is 1. The summed E-state index contributed by atoms with van der Waals surface area (Å²) in [5.74, 6) is 1.92. The Kier molecular flexibility index (Phi) is 5.62. The molecule has 1 saturated heterocycles. The van der Waals surface area contributed by atoms with E-state index >= 15 is 0 Å². The van der Waals surface area contributed by atoms with Crippen LogP contribution in [-0.2, 0) is 6.42 Å². The van der Waals surface area contributed by atoms with E-state index in [2.05, 4.69) is 43.9 Å². The molecule has 1 amide bonds. The first-order valence-corrected chi connectivity index (χ1v) is 11.0. The Morgan fingerprint density at radius 2 is 1.86 bits per heavy atom. The van der Waals surface area contributed by atoms with Crippen LogP contribution >= 0.6 is 11.3 Å². The molecule has 0 N–H and O–H groups in total. The monoisotopic (exact) mass is 406 g/mol. The van der Waals surface area contributed by atoms with E-state index in [1.54, 1.807) is 0 Å². The van der Waals surface area contributed by atoms with Gasteiger partial charge in [-0.3, -0.25) is 4.79 Å². The molecular weight excluding hydrogens is 380 g/mol. The number of aromatic nitrogens is 2. The molecule has 0 radical (unpaired) electrons. The van der Waals surface area contributed by atoms with Crippen molar-refractivity contribution in [2.75, 3.05) is 31.1 Å². The lowest BCUT2D eigenvalue weighted by atomic mass is 10.1. The number of piperazine rings is 1. The highest BCUT2D eigenvalue weighted by molar-refractivity contribution is 7.12. The zero-order valence-electron chi connectivity index (χ0n) is 17.2. The van der Waals surface area contributed by atoms with Crippen LogP contribution in [0.2, 0.25) is 0 Å². The number of nitrogens with zero attached hydrogens (tertiary/aromatic N) is 4. The summed E-state index contributed by atoms with van der Waals surface area (Å²) in [4.78, 5) is 27.5. The van der Waals surface area contributed by atoms with Crippen LogP contribution in [0.15, 0.2) is 41.8 Å². The van der Waals surface area contributed by atoms with Crippen LogP contribution in [0.3, 0.4) is 0 Å². The molecule has 0 atom stereocenters. The zero-order valence-corrected chi connectivity index (χ0v) is 18.0. The van der Waals surface area contributed by atoms with E-state index in [0.717, 1.165) is 47.3 Å². The fourth-order valence-electron chi connectivity index (χ4n) is 3.85. The molecule has 3 heterocycles. The van der Waals surface area contributed by atoms with Gasteiger partial charge in [-0.1, -0.05) is 36.8 Å². The maximum Gasteiger partial charge on any atom is 0.264 e. The number of carbonyl (C=O) groups is 1. The van der Waals surface area contributed by atoms with E-state index in [9.17, 15) is 4.79 Å². The maximum atomic E-state index is 12.6. The van der Waals surface area contributed by atoms with Gasteiger partial charge in [0, 0.05) is 43.0 Å². The third-order valence-corrected chi connectivity index (χ3v) is 6.28. The lowest BCUT2D eigenvalue weighted by Gasteiger charge is -2.36. The molecule has 4 rings (SSSR count). The first kappa shape index (κ1) is 19.6. The van der Waals surface area contributed by atoms with Crippen molar-refractivity contribution in [2.45, 2.75) is 27.2 Å². The normalized spacial score (nSPS) is 14.3. The zero-order chi connectivity index (χ0) is 20.4.